The zero-order chi connectivity index (χ0) is 15.9. The third-order valence-corrected chi connectivity index (χ3v) is 3.32. The molecule has 0 radical (unpaired) electrons. The first-order valence-corrected chi connectivity index (χ1v) is 7.66. The molecule has 0 atom stereocenters. The minimum Gasteiger partial charge on any atom is -0.378 e. The third kappa shape index (κ3) is 4.91. The predicted octanol–water partition coefficient (Wildman–Crippen LogP) is 3.74. The van der Waals surface area contributed by atoms with Crippen molar-refractivity contribution in [2.45, 2.75) is 20.3 Å². The fourth-order valence-electron chi connectivity index (χ4n) is 1.98. The van der Waals surface area contributed by atoms with Gasteiger partial charge in [0.25, 0.3) is 0 Å². The van der Waals surface area contributed by atoms with Gasteiger partial charge in [0.15, 0.2) is 0 Å². The van der Waals surface area contributed by atoms with Crippen LogP contribution in [-0.4, -0.2) is 30.6 Å². The Bertz CT molecular complexity index is 578. The average molecular weight is 299 g/mol. The summed E-state index contributed by atoms with van der Waals surface area (Å²) in [6.45, 7) is 5.30. The second-order valence-corrected chi connectivity index (χ2v) is 5.94. The molecule has 2 N–H and O–H groups in total. The number of benzene rings is 1. The fraction of sp³-hybridized carbons (Fsp3) is 0.412. The average Bonchev–Trinajstić information content (AvgIpc) is 2.48. The minimum atomic E-state index is 0.663. The van der Waals surface area contributed by atoms with Crippen molar-refractivity contribution in [2.75, 3.05) is 36.2 Å². The number of aromatic nitrogens is 2. The van der Waals surface area contributed by atoms with Crippen LogP contribution in [0, 0.1) is 5.92 Å². The predicted molar refractivity (Wildman–Crippen MR) is 94.0 cm³/mol. The lowest BCUT2D eigenvalue weighted by Gasteiger charge is -2.13. The van der Waals surface area contributed by atoms with Gasteiger partial charge in [-0.2, -0.15) is 4.98 Å². The highest BCUT2D eigenvalue weighted by Crippen LogP contribution is 2.19. The van der Waals surface area contributed by atoms with Crippen LogP contribution in [0.4, 0.5) is 23.1 Å². The van der Waals surface area contributed by atoms with Gasteiger partial charge < -0.3 is 15.5 Å². The van der Waals surface area contributed by atoms with Crippen molar-refractivity contribution in [3.8, 4) is 0 Å². The quantitative estimate of drug-likeness (QED) is 0.815. The topological polar surface area (TPSA) is 53.1 Å². The molecule has 0 bridgehead atoms. The molecule has 5 heteroatoms. The van der Waals surface area contributed by atoms with E-state index in [-0.39, 0.29) is 0 Å². The van der Waals surface area contributed by atoms with Crippen molar-refractivity contribution in [3.63, 3.8) is 0 Å². The van der Waals surface area contributed by atoms with Gasteiger partial charge in [-0.15, -0.1) is 0 Å². The summed E-state index contributed by atoms with van der Waals surface area (Å²) in [5.41, 5.74) is 2.18. The van der Waals surface area contributed by atoms with Crippen LogP contribution in [0.15, 0.2) is 36.5 Å². The molecule has 0 unspecified atom stereocenters. The highest BCUT2D eigenvalue weighted by Gasteiger charge is 2.01. The van der Waals surface area contributed by atoms with Crippen LogP contribution in [0.3, 0.4) is 0 Å². The van der Waals surface area contributed by atoms with Crippen LogP contribution in [-0.2, 0) is 0 Å². The molecule has 1 aromatic heterocycles. The number of hydrogen-bond acceptors (Lipinski definition) is 5. The molecule has 1 heterocycles. The van der Waals surface area contributed by atoms with Gasteiger partial charge in [-0.3, -0.25) is 0 Å². The first-order chi connectivity index (χ1) is 10.5. The number of anilines is 4. The van der Waals surface area contributed by atoms with Crippen molar-refractivity contribution < 1.29 is 0 Å². The summed E-state index contributed by atoms with van der Waals surface area (Å²) in [5.74, 6) is 2.12. The van der Waals surface area contributed by atoms with Crippen LogP contribution in [0.2, 0.25) is 0 Å². The standard InChI is InChI=1S/C17H25N5/c1-13(2)9-11-18-17-19-12-10-16(21-17)20-14-5-7-15(8-6-14)22(3)4/h5-8,10,12-13H,9,11H2,1-4H3,(H2,18,19,20,21). The lowest BCUT2D eigenvalue weighted by molar-refractivity contribution is 0.606. The Morgan fingerprint density at radius 3 is 2.45 bits per heavy atom. The van der Waals surface area contributed by atoms with Crippen molar-refractivity contribution in [1.82, 2.24) is 9.97 Å². The summed E-state index contributed by atoms with van der Waals surface area (Å²) < 4.78 is 0. The Balaban J connectivity index is 1.97. The van der Waals surface area contributed by atoms with Crippen LogP contribution >= 0.6 is 0 Å². The first-order valence-electron chi connectivity index (χ1n) is 7.66. The Morgan fingerprint density at radius 1 is 1.09 bits per heavy atom. The number of nitrogens with one attached hydrogen (secondary N) is 2. The zero-order valence-corrected chi connectivity index (χ0v) is 13.8. The summed E-state index contributed by atoms with van der Waals surface area (Å²) in [7, 11) is 4.06. The van der Waals surface area contributed by atoms with Gasteiger partial charge in [0, 0.05) is 38.2 Å². The Kier molecular flexibility index (Phi) is 5.58. The van der Waals surface area contributed by atoms with E-state index in [0.717, 1.165) is 24.5 Å². The Morgan fingerprint density at radius 2 is 1.82 bits per heavy atom. The van der Waals surface area contributed by atoms with Crippen LogP contribution < -0.4 is 15.5 Å². The second kappa shape index (κ2) is 7.64. The van der Waals surface area contributed by atoms with Crippen molar-refractivity contribution in [1.29, 1.82) is 0 Å². The number of nitrogens with zero attached hydrogens (tertiary/aromatic N) is 3. The summed E-state index contributed by atoms with van der Waals surface area (Å²) in [4.78, 5) is 10.8. The van der Waals surface area contributed by atoms with Crippen molar-refractivity contribution >= 4 is 23.1 Å². The molecule has 0 aliphatic heterocycles. The fourth-order valence-corrected chi connectivity index (χ4v) is 1.98. The van der Waals surface area contributed by atoms with Crippen molar-refractivity contribution in [3.05, 3.63) is 36.5 Å². The van der Waals surface area contributed by atoms with Crippen LogP contribution in [0.1, 0.15) is 20.3 Å². The van der Waals surface area contributed by atoms with Gasteiger partial charge in [0.1, 0.15) is 5.82 Å². The molecule has 2 aromatic rings. The van der Waals surface area contributed by atoms with Gasteiger partial charge in [-0.25, -0.2) is 4.98 Å². The lowest BCUT2D eigenvalue weighted by atomic mass is 10.1. The summed E-state index contributed by atoms with van der Waals surface area (Å²) >= 11 is 0. The third-order valence-electron chi connectivity index (χ3n) is 3.32. The molecule has 0 aliphatic rings. The molecular formula is C17H25N5. The van der Waals surface area contributed by atoms with Crippen LogP contribution in [0.5, 0.6) is 0 Å². The molecule has 0 saturated carbocycles. The highest BCUT2D eigenvalue weighted by atomic mass is 15.1. The molecule has 5 nitrogen and oxygen atoms in total. The molecule has 0 aliphatic carbocycles. The maximum absolute atomic E-state index is 4.48. The smallest absolute Gasteiger partial charge is 0.224 e. The van der Waals surface area contributed by atoms with Gasteiger partial charge in [-0.1, -0.05) is 13.8 Å². The molecular weight excluding hydrogens is 274 g/mol. The molecule has 1 aromatic carbocycles. The SMILES string of the molecule is CC(C)CCNc1nccc(Nc2ccc(N(C)C)cc2)n1. The van der Waals surface area contributed by atoms with Gasteiger partial charge in [0.2, 0.25) is 5.95 Å². The van der Waals surface area contributed by atoms with E-state index < -0.39 is 0 Å². The van der Waals surface area contributed by atoms with Gasteiger partial charge in [0.05, 0.1) is 0 Å². The largest absolute Gasteiger partial charge is 0.378 e. The Labute approximate surface area is 132 Å². The summed E-state index contributed by atoms with van der Waals surface area (Å²) in [6.07, 6.45) is 2.87. The number of hydrogen-bond donors (Lipinski definition) is 2. The normalized spacial score (nSPS) is 10.6. The minimum absolute atomic E-state index is 0.663. The van der Waals surface area contributed by atoms with E-state index in [1.807, 2.05) is 32.3 Å². The van der Waals surface area contributed by atoms with E-state index in [1.165, 1.54) is 5.69 Å². The molecule has 118 valence electrons. The molecule has 0 amide bonds. The monoisotopic (exact) mass is 299 g/mol. The summed E-state index contributed by atoms with van der Waals surface area (Å²) in [6, 6.07) is 10.1. The maximum atomic E-state index is 4.48. The van der Waals surface area contributed by atoms with E-state index >= 15 is 0 Å². The van der Waals surface area contributed by atoms with E-state index in [4.69, 9.17) is 0 Å². The van der Waals surface area contributed by atoms with E-state index in [2.05, 4.69) is 51.5 Å². The van der Waals surface area contributed by atoms with E-state index in [9.17, 15) is 0 Å². The first kappa shape index (κ1) is 16.1. The molecule has 0 fully saturated rings. The van der Waals surface area contributed by atoms with Gasteiger partial charge >= 0.3 is 0 Å². The summed E-state index contributed by atoms with van der Waals surface area (Å²) in [5, 5.41) is 6.56. The Hall–Kier alpha value is -2.30. The molecule has 2 rings (SSSR count). The molecule has 0 saturated heterocycles. The van der Waals surface area contributed by atoms with Gasteiger partial charge in [-0.05, 0) is 42.7 Å². The number of rotatable bonds is 7. The lowest BCUT2D eigenvalue weighted by Crippen LogP contribution is -2.09. The van der Waals surface area contributed by atoms with E-state index in [0.29, 0.717) is 11.9 Å². The zero-order valence-electron chi connectivity index (χ0n) is 13.8. The maximum Gasteiger partial charge on any atom is 0.224 e. The molecule has 22 heavy (non-hydrogen) atoms. The molecule has 0 spiro atoms. The van der Waals surface area contributed by atoms with Crippen LogP contribution in [0.25, 0.3) is 0 Å². The van der Waals surface area contributed by atoms with Crippen molar-refractivity contribution in [2.24, 2.45) is 5.92 Å². The van der Waals surface area contributed by atoms with E-state index in [1.54, 1.807) is 6.20 Å². The second-order valence-electron chi connectivity index (χ2n) is 5.94. The highest BCUT2D eigenvalue weighted by molar-refractivity contribution is 5.60.